The van der Waals surface area contributed by atoms with Crippen LogP contribution in [-0.2, 0) is 5.41 Å². The predicted octanol–water partition coefficient (Wildman–Crippen LogP) is 3.86. The predicted molar refractivity (Wildman–Crippen MR) is 73.8 cm³/mol. The highest BCUT2D eigenvalue weighted by Gasteiger charge is 2.38. The molecule has 1 aromatic heterocycles. The smallest absolute Gasteiger partial charge is 0.137 e. The lowest BCUT2D eigenvalue weighted by Gasteiger charge is -2.21. The van der Waals surface area contributed by atoms with Crippen LogP contribution < -0.4 is 4.90 Å². The van der Waals surface area contributed by atoms with Gasteiger partial charge in [0.05, 0.1) is 0 Å². The molecule has 0 aliphatic carbocycles. The van der Waals surface area contributed by atoms with E-state index in [2.05, 4.69) is 67.5 Å². The second kappa shape index (κ2) is 3.84. The van der Waals surface area contributed by atoms with Crippen LogP contribution in [0.3, 0.4) is 0 Å². The Labute approximate surface area is 108 Å². The molecule has 3 rings (SSSR count). The van der Waals surface area contributed by atoms with Gasteiger partial charge in [0.2, 0.25) is 0 Å². The Bertz CT molecular complexity index is 587. The highest BCUT2D eigenvalue weighted by Crippen LogP contribution is 2.45. The van der Waals surface area contributed by atoms with Crippen molar-refractivity contribution in [3.05, 3.63) is 60.3 Å². The molecule has 0 unspecified atom stereocenters. The first-order chi connectivity index (χ1) is 8.59. The fourth-order valence-corrected chi connectivity index (χ4v) is 2.44. The van der Waals surface area contributed by atoms with Gasteiger partial charge in [-0.15, -0.1) is 0 Å². The molecular formula is C16H16N2. The van der Waals surface area contributed by atoms with Crippen LogP contribution in [0.5, 0.6) is 0 Å². The number of pyridine rings is 1. The summed E-state index contributed by atoms with van der Waals surface area (Å²) in [5.74, 6) is 0.997. The molecule has 0 amide bonds. The Balaban J connectivity index is 2.15. The van der Waals surface area contributed by atoms with Crippen LogP contribution in [-0.4, -0.2) is 4.98 Å². The molecular weight excluding hydrogens is 220 g/mol. The summed E-state index contributed by atoms with van der Waals surface area (Å²) in [5, 5.41) is 0. The van der Waals surface area contributed by atoms with Crippen molar-refractivity contribution in [3.8, 4) is 0 Å². The van der Waals surface area contributed by atoms with Crippen LogP contribution in [0.25, 0.3) is 0 Å². The SMILES string of the molecule is Cc1ccccc1N1[C]C(C)(C)c2cccnc21. The van der Waals surface area contributed by atoms with Gasteiger partial charge in [-0.05, 0) is 24.6 Å². The molecule has 90 valence electrons. The molecule has 0 N–H and O–H groups in total. The van der Waals surface area contributed by atoms with Gasteiger partial charge in [-0.25, -0.2) is 4.98 Å². The van der Waals surface area contributed by atoms with Gasteiger partial charge in [-0.1, -0.05) is 38.1 Å². The molecule has 1 aromatic carbocycles. The highest BCUT2D eigenvalue weighted by molar-refractivity contribution is 5.73. The number of nitrogens with zero attached hydrogens (tertiary/aromatic N) is 2. The van der Waals surface area contributed by atoms with E-state index in [-0.39, 0.29) is 5.41 Å². The molecule has 0 fully saturated rings. The summed E-state index contributed by atoms with van der Waals surface area (Å²) in [5.41, 5.74) is 3.53. The standard InChI is InChI=1S/C16H16N2/c1-12-7-4-5-9-14(12)18-11-16(2,3)13-8-6-10-17-15(13)18/h4-10H,1-3H3. The number of aromatic nitrogens is 1. The van der Waals surface area contributed by atoms with Crippen molar-refractivity contribution in [1.29, 1.82) is 0 Å². The number of aryl methyl sites for hydroxylation is 1. The zero-order chi connectivity index (χ0) is 12.8. The maximum atomic E-state index is 4.52. The number of benzene rings is 1. The van der Waals surface area contributed by atoms with Gasteiger partial charge in [0.15, 0.2) is 0 Å². The summed E-state index contributed by atoms with van der Waals surface area (Å²) in [4.78, 5) is 6.61. The van der Waals surface area contributed by atoms with Crippen molar-refractivity contribution >= 4 is 11.5 Å². The molecule has 0 spiro atoms. The Morgan fingerprint density at radius 2 is 1.89 bits per heavy atom. The lowest BCUT2D eigenvalue weighted by atomic mass is 9.88. The van der Waals surface area contributed by atoms with Crippen LogP contribution >= 0.6 is 0 Å². The molecule has 0 bridgehead atoms. The second-order valence-electron chi connectivity index (χ2n) is 5.23. The molecule has 0 atom stereocenters. The third-order valence-electron chi connectivity index (χ3n) is 3.42. The first-order valence-corrected chi connectivity index (χ1v) is 6.19. The van der Waals surface area contributed by atoms with Gasteiger partial charge < -0.3 is 4.90 Å². The largest absolute Gasteiger partial charge is 0.314 e. The van der Waals surface area contributed by atoms with E-state index in [9.17, 15) is 0 Å². The third-order valence-corrected chi connectivity index (χ3v) is 3.42. The van der Waals surface area contributed by atoms with Crippen molar-refractivity contribution in [2.45, 2.75) is 26.2 Å². The van der Waals surface area contributed by atoms with E-state index in [0.29, 0.717) is 0 Å². The molecule has 2 heterocycles. The average molecular weight is 236 g/mol. The number of hydrogen-bond acceptors (Lipinski definition) is 2. The van der Waals surface area contributed by atoms with E-state index >= 15 is 0 Å². The summed E-state index contributed by atoms with van der Waals surface area (Å²) < 4.78 is 0. The van der Waals surface area contributed by atoms with Crippen LogP contribution in [0.4, 0.5) is 11.5 Å². The highest BCUT2D eigenvalue weighted by atomic mass is 15.2. The van der Waals surface area contributed by atoms with E-state index in [4.69, 9.17) is 0 Å². The minimum absolute atomic E-state index is 0.0914. The monoisotopic (exact) mass is 236 g/mol. The summed E-state index contributed by atoms with van der Waals surface area (Å²) in [7, 11) is 0. The van der Waals surface area contributed by atoms with Gasteiger partial charge in [0, 0.05) is 22.9 Å². The Kier molecular flexibility index (Phi) is 2.40. The molecule has 2 radical (unpaired) electrons. The molecule has 1 aliphatic rings. The summed E-state index contributed by atoms with van der Waals surface area (Å²) in [6.07, 6.45) is 1.84. The van der Waals surface area contributed by atoms with Crippen molar-refractivity contribution < 1.29 is 0 Å². The van der Waals surface area contributed by atoms with E-state index in [0.717, 1.165) is 11.5 Å². The van der Waals surface area contributed by atoms with E-state index in [1.165, 1.54) is 11.1 Å². The van der Waals surface area contributed by atoms with E-state index < -0.39 is 0 Å². The lowest BCUT2D eigenvalue weighted by molar-refractivity contribution is 0.636. The van der Waals surface area contributed by atoms with Crippen LogP contribution in [0, 0.1) is 13.5 Å². The normalized spacial score (nSPS) is 16.7. The van der Waals surface area contributed by atoms with E-state index in [1.807, 2.05) is 12.3 Å². The fraction of sp³-hybridized carbons (Fsp3) is 0.250. The van der Waals surface area contributed by atoms with Gasteiger partial charge in [0.1, 0.15) is 12.4 Å². The quantitative estimate of drug-likeness (QED) is 0.747. The maximum Gasteiger partial charge on any atom is 0.137 e. The van der Waals surface area contributed by atoms with Gasteiger partial charge in [-0.3, -0.25) is 0 Å². The number of rotatable bonds is 1. The molecule has 0 saturated carbocycles. The first kappa shape index (κ1) is 11.3. The average Bonchev–Trinajstić information content (AvgIpc) is 2.63. The second-order valence-corrected chi connectivity index (χ2v) is 5.23. The van der Waals surface area contributed by atoms with Crippen LogP contribution in [0.15, 0.2) is 42.6 Å². The summed E-state index contributed by atoms with van der Waals surface area (Å²) in [6, 6.07) is 12.5. The van der Waals surface area contributed by atoms with Crippen LogP contribution in [0.2, 0.25) is 0 Å². The number of fused-ring (bicyclic) bond motifs is 1. The van der Waals surface area contributed by atoms with Crippen molar-refractivity contribution in [3.63, 3.8) is 0 Å². The van der Waals surface area contributed by atoms with Crippen molar-refractivity contribution in [1.82, 2.24) is 4.98 Å². The van der Waals surface area contributed by atoms with Crippen LogP contribution in [0.1, 0.15) is 25.0 Å². The van der Waals surface area contributed by atoms with Crippen molar-refractivity contribution in [2.24, 2.45) is 0 Å². The first-order valence-electron chi connectivity index (χ1n) is 6.19. The van der Waals surface area contributed by atoms with Crippen molar-refractivity contribution in [2.75, 3.05) is 4.90 Å². The number of para-hydroxylation sites is 1. The molecule has 0 saturated heterocycles. The molecule has 1 aliphatic heterocycles. The van der Waals surface area contributed by atoms with Gasteiger partial charge in [0.25, 0.3) is 0 Å². The molecule has 2 aromatic rings. The third kappa shape index (κ3) is 1.60. The topological polar surface area (TPSA) is 16.1 Å². The number of hydrogen-bond donors (Lipinski definition) is 0. The van der Waals surface area contributed by atoms with Gasteiger partial charge in [-0.2, -0.15) is 0 Å². The summed E-state index contributed by atoms with van der Waals surface area (Å²) >= 11 is 0. The van der Waals surface area contributed by atoms with Gasteiger partial charge >= 0.3 is 0 Å². The zero-order valence-corrected chi connectivity index (χ0v) is 10.9. The minimum Gasteiger partial charge on any atom is -0.314 e. The number of anilines is 2. The van der Waals surface area contributed by atoms with E-state index in [1.54, 1.807) is 0 Å². The Morgan fingerprint density at radius 3 is 2.67 bits per heavy atom. The zero-order valence-electron chi connectivity index (χ0n) is 10.9. The fourth-order valence-electron chi connectivity index (χ4n) is 2.44. The Hall–Kier alpha value is -1.83. The summed E-state index contributed by atoms with van der Waals surface area (Å²) in [6.45, 7) is 9.98. The molecule has 2 heteroatoms. The Morgan fingerprint density at radius 1 is 1.11 bits per heavy atom. The minimum atomic E-state index is -0.0914. The molecule has 18 heavy (non-hydrogen) atoms. The maximum absolute atomic E-state index is 4.52. The lowest BCUT2D eigenvalue weighted by Crippen LogP contribution is -2.19. The molecule has 2 nitrogen and oxygen atoms in total.